The van der Waals surface area contributed by atoms with E-state index in [4.69, 9.17) is 6.42 Å². The highest BCUT2D eigenvalue weighted by atomic mass is 15.1. The van der Waals surface area contributed by atoms with Crippen LogP contribution in [0.1, 0.15) is 44.1 Å². The quantitative estimate of drug-likeness (QED) is 0.673. The van der Waals surface area contributed by atoms with Crippen LogP contribution in [0.25, 0.3) is 0 Å². The maximum absolute atomic E-state index is 5.39. The summed E-state index contributed by atoms with van der Waals surface area (Å²) in [6.45, 7) is 2.44. The summed E-state index contributed by atoms with van der Waals surface area (Å²) < 4.78 is 0. The van der Waals surface area contributed by atoms with Gasteiger partial charge in [-0.05, 0) is 55.4 Å². The molecule has 0 bridgehead atoms. The summed E-state index contributed by atoms with van der Waals surface area (Å²) in [5, 5.41) is 0. The van der Waals surface area contributed by atoms with E-state index in [0.717, 1.165) is 5.56 Å². The molecule has 0 unspecified atom stereocenters. The number of rotatable bonds is 1. The van der Waals surface area contributed by atoms with Crippen LogP contribution in [0.15, 0.2) is 24.3 Å². The van der Waals surface area contributed by atoms with Gasteiger partial charge in [-0.1, -0.05) is 18.8 Å². The van der Waals surface area contributed by atoms with E-state index in [2.05, 4.69) is 35.1 Å². The molecule has 1 saturated heterocycles. The van der Waals surface area contributed by atoms with Crippen LogP contribution in [-0.2, 0) is 0 Å². The number of hydrogen-bond acceptors (Lipinski definition) is 1. The summed E-state index contributed by atoms with van der Waals surface area (Å²) in [5.74, 6) is 2.68. The van der Waals surface area contributed by atoms with E-state index in [-0.39, 0.29) is 0 Å². The molecule has 2 fully saturated rings. The van der Waals surface area contributed by atoms with Gasteiger partial charge in [0, 0.05) is 24.3 Å². The summed E-state index contributed by atoms with van der Waals surface area (Å²) in [5.41, 5.74) is 3.01. The van der Waals surface area contributed by atoms with Gasteiger partial charge in [-0.2, -0.15) is 0 Å². The molecule has 0 N–H and O–H groups in total. The van der Waals surface area contributed by atoms with Crippen LogP contribution in [0, 0.1) is 17.8 Å². The molecule has 1 aliphatic carbocycles. The third-order valence-corrected chi connectivity index (χ3v) is 4.89. The van der Waals surface area contributed by atoms with Gasteiger partial charge in [0.2, 0.25) is 0 Å². The lowest BCUT2D eigenvalue weighted by atomic mass is 9.77. The number of anilines is 1. The molecule has 1 heterocycles. The van der Waals surface area contributed by atoms with Gasteiger partial charge in [-0.3, -0.25) is 0 Å². The van der Waals surface area contributed by atoms with Gasteiger partial charge in [0.1, 0.15) is 0 Å². The van der Waals surface area contributed by atoms with Crippen molar-refractivity contribution in [1.29, 1.82) is 0 Å². The summed E-state index contributed by atoms with van der Waals surface area (Å²) in [6, 6.07) is 8.44. The molecule has 94 valence electrons. The van der Waals surface area contributed by atoms with Gasteiger partial charge in [0.25, 0.3) is 0 Å². The molecule has 1 aromatic carbocycles. The third-order valence-electron chi connectivity index (χ3n) is 4.89. The van der Waals surface area contributed by atoms with Crippen molar-refractivity contribution in [3.63, 3.8) is 0 Å². The molecule has 1 spiro atoms. The SMILES string of the molecule is C#Cc1ccc(N2CCC3(CCCC3)CC2)cc1. The Labute approximate surface area is 110 Å². The zero-order valence-corrected chi connectivity index (χ0v) is 11.0. The van der Waals surface area contributed by atoms with Gasteiger partial charge in [-0.25, -0.2) is 0 Å². The van der Waals surface area contributed by atoms with Crippen molar-refractivity contribution in [2.24, 2.45) is 5.41 Å². The smallest absolute Gasteiger partial charge is 0.0367 e. The van der Waals surface area contributed by atoms with E-state index in [1.165, 1.54) is 57.3 Å². The van der Waals surface area contributed by atoms with Crippen LogP contribution in [0.5, 0.6) is 0 Å². The molecule has 1 heteroatoms. The summed E-state index contributed by atoms with van der Waals surface area (Å²) in [4.78, 5) is 2.52. The Hall–Kier alpha value is -1.42. The van der Waals surface area contributed by atoms with Crippen molar-refractivity contribution < 1.29 is 0 Å². The van der Waals surface area contributed by atoms with Crippen LogP contribution < -0.4 is 4.90 Å². The molecule has 0 aromatic heterocycles. The summed E-state index contributed by atoms with van der Waals surface area (Å²) in [7, 11) is 0. The summed E-state index contributed by atoms with van der Waals surface area (Å²) >= 11 is 0. The Kier molecular flexibility index (Phi) is 3.04. The molecule has 1 nitrogen and oxygen atoms in total. The highest BCUT2D eigenvalue weighted by molar-refractivity contribution is 5.50. The van der Waals surface area contributed by atoms with Gasteiger partial charge in [-0.15, -0.1) is 6.42 Å². The van der Waals surface area contributed by atoms with Crippen LogP contribution in [-0.4, -0.2) is 13.1 Å². The first-order chi connectivity index (χ1) is 8.81. The topological polar surface area (TPSA) is 3.24 Å². The number of nitrogens with zero attached hydrogens (tertiary/aromatic N) is 1. The Morgan fingerprint density at radius 3 is 2.11 bits per heavy atom. The average molecular weight is 239 g/mol. The molecular formula is C17H21N. The van der Waals surface area contributed by atoms with E-state index in [1.54, 1.807) is 0 Å². The Bertz CT molecular complexity index is 435. The first-order valence-corrected chi connectivity index (χ1v) is 7.13. The monoisotopic (exact) mass is 239 g/mol. The van der Waals surface area contributed by atoms with Gasteiger partial charge >= 0.3 is 0 Å². The Morgan fingerprint density at radius 2 is 1.56 bits per heavy atom. The molecule has 0 amide bonds. The second-order valence-electron chi connectivity index (χ2n) is 5.89. The fourth-order valence-corrected chi connectivity index (χ4v) is 3.63. The van der Waals surface area contributed by atoms with Crippen LogP contribution in [0.4, 0.5) is 5.69 Å². The highest BCUT2D eigenvalue weighted by Gasteiger charge is 2.36. The molecule has 0 atom stereocenters. The number of hydrogen-bond donors (Lipinski definition) is 0. The largest absolute Gasteiger partial charge is 0.371 e. The second kappa shape index (κ2) is 4.69. The maximum atomic E-state index is 5.39. The molecule has 18 heavy (non-hydrogen) atoms. The van der Waals surface area contributed by atoms with Gasteiger partial charge in [0.05, 0.1) is 0 Å². The first kappa shape index (κ1) is 11.7. The van der Waals surface area contributed by atoms with E-state index in [1.807, 2.05) is 0 Å². The standard InChI is InChI=1S/C17H21N/c1-2-15-5-7-16(8-6-15)18-13-11-17(12-14-18)9-3-4-10-17/h1,5-8H,3-4,9-14H2. The molecule has 1 saturated carbocycles. The van der Waals surface area contributed by atoms with Crippen molar-refractivity contribution in [2.75, 3.05) is 18.0 Å². The predicted octanol–water partition coefficient (Wildman–Crippen LogP) is 3.83. The molecule has 2 aliphatic rings. The number of terminal acetylenes is 1. The van der Waals surface area contributed by atoms with Crippen LogP contribution in [0.2, 0.25) is 0 Å². The normalized spacial score (nSPS) is 22.1. The molecule has 0 radical (unpaired) electrons. The van der Waals surface area contributed by atoms with Crippen molar-refractivity contribution in [2.45, 2.75) is 38.5 Å². The minimum Gasteiger partial charge on any atom is -0.371 e. The zero-order chi connectivity index (χ0) is 12.4. The highest BCUT2D eigenvalue weighted by Crippen LogP contribution is 2.46. The molecule has 3 rings (SSSR count). The lowest BCUT2D eigenvalue weighted by Crippen LogP contribution is -2.38. The average Bonchev–Trinajstić information content (AvgIpc) is 2.88. The fraction of sp³-hybridized carbons (Fsp3) is 0.529. The van der Waals surface area contributed by atoms with E-state index in [9.17, 15) is 0 Å². The second-order valence-corrected chi connectivity index (χ2v) is 5.89. The van der Waals surface area contributed by atoms with E-state index < -0.39 is 0 Å². The molecular weight excluding hydrogens is 218 g/mol. The lowest BCUT2D eigenvalue weighted by molar-refractivity contribution is 0.226. The van der Waals surface area contributed by atoms with Crippen molar-refractivity contribution in [3.05, 3.63) is 29.8 Å². The van der Waals surface area contributed by atoms with E-state index >= 15 is 0 Å². The Morgan fingerprint density at radius 1 is 0.944 bits per heavy atom. The van der Waals surface area contributed by atoms with E-state index in [0.29, 0.717) is 5.41 Å². The number of piperidine rings is 1. The molecule has 1 aromatic rings. The summed E-state index contributed by atoms with van der Waals surface area (Å²) in [6.07, 6.45) is 14.0. The first-order valence-electron chi connectivity index (χ1n) is 7.13. The third kappa shape index (κ3) is 2.12. The van der Waals surface area contributed by atoms with Crippen LogP contribution in [0.3, 0.4) is 0 Å². The van der Waals surface area contributed by atoms with Crippen molar-refractivity contribution in [1.82, 2.24) is 0 Å². The zero-order valence-electron chi connectivity index (χ0n) is 11.0. The number of benzene rings is 1. The molecule has 1 aliphatic heterocycles. The van der Waals surface area contributed by atoms with Crippen molar-refractivity contribution >= 4 is 5.69 Å². The van der Waals surface area contributed by atoms with Crippen molar-refractivity contribution in [3.8, 4) is 12.3 Å². The lowest BCUT2D eigenvalue weighted by Gasteiger charge is -2.40. The van der Waals surface area contributed by atoms with Gasteiger partial charge < -0.3 is 4.90 Å². The fourth-order valence-electron chi connectivity index (χ4n) is 3.63. The van der Waals surface area contributed by atoms with Gasteiger partial charge in [0.15, 0.2) is 0 Å². The predicted molar refractivity (Wildman–Crippen MR) is 76.7 cm³/mol. The minimum absolute atomic E-state index is 0.704. The minimum atomic E-state index is 0.704. The Balaban J connectivity index is 1.66. The van der Waals surface area contributed by atoms with Crippen LogP contribution >= 0.6 is 0 Å². The maximum Gasteiger partial charge on any atom is 0.0367 e.